The standard InChI is InChI=1S/C12H14N2O4/c1-3-18-11(15)8(2)14(17)10-7-5-4-6-9(10)13-12(14)16/h4-8H,3H2,1-2H3,(H,13,16). The van der Waals surface area contributed by atoms with E-state index in [1.807, 2.05) is 0 Å². The maximum absolute atomic E-state index is 12.7. The minimum atomic E-state index is -1.35. The number of nitrogens with one attached hydrogen (secondary N) is 1. The zero-order valence-electron chi connectivity index (χ0n) is 10.2. The van der Waals surface area contributed by atoms with Gasteiger partial charge in [0.05, 0.1) is 6.61 Å². The maximum atomic E-state index is 12.7. The van der Waals surface area contributed by atoms with Crippen molar-refractivity contribution < 1.29 is 14.3 Å². The SMILES string of the molecule is CCOC(=O)C(C)[N+]1([O-])C(=O)Nc2ccccc21. The van der Waals surface area contributed by atoms with E-state index in [1.165, 1.54) is 13.0 Å². The predicted octanol–water partition coefficient (Wildman–Crippen LogP) is 1.99. The summed E-state index contributed by atoms with van der Waals surface area (Å²) in [6.45, 7) is 3.22. The van der Waals surface area contributed by atoms with Crippen LogP contribution in [-0.2, 0) is 9.53 Å². The van der Waals surface area contributed by atoms with Crippen molar-refractivity contribution in [1.29, 1.82) is 0 Å². The smallest absolute Gasteiger partial charge is 0.427 e. The Morgan fingerprint density at radius 1 is 1.50 bits per heavy atom. The summed E-state index contributed by atoms with van der Waals surface area (Å²) < 4.78 is 3.46. The van der Waals surface area contributed by atoms with E-state index in [1.54, 1.807) is 25.1 Å². The van der Waals surface area contributed by atoms with Gasteiger partial charge in [0.1, 0.15) is 5.69 Å². The van der Waals surface area contributed by atoms with Crippen molar-refractivity contribution in [3.8, 4) is 0 Å². The molecule has 1 aromatic rings. The van der Waals surface area contributed by atoms with Gasteiger partial charge in [-0.25, -0.2) is 14.2 Å². The highest BCUT2D eigenvalue weighted by molar-refractivity contribution is 6.10. The Kier molecular flexibility index (Phi) is 3.06. The van der Waals surface area contributed by atoms with Gasteiger partial charge in [-0.15, -0.1) is 0 Å². The van der Waals surface area contributed by atoms with Crippen molar-refractivity contribution in [2.24, 2.45) is 0 Å². The number of esters is 1. The second kappa shape index (κ2) is 4.40. The van der Waals surface area contributed by atoms with E-state index in [0.29, 0.717) is 5.69 Å². The van der Waals surface area contributed by atoms with Crippen LogP contribution in [0.25, 0.3) is 0 Å². The molecule has 0 aromatic heterocycles. The number of benzene rings is 1. The lowest BCUT2D eigenvalue weighted by atomic mass is 10.2. The summed E-state index contributed by atoms with van der Waals surface area (Å²) in [5.74, 6) is -0.681. The van der Waals surface area contributed by atoms with E-state index in [9.17, 15) is 14.8 Å². The number of urea groups is 1. The van der Waals surface area contributed by atoms with Gasteiger partial charge in [0.15, 0.2) is 11.7 Å². The summed E-state index contributed by atoms with van der Waals surface area (Å²) in [6, 6.07) is 4.63. The molecule has 2 rings (SSSR count). The van der Waals surface area contributed by atoms with Gasteiger partial charge in [-0.3, -0.25) is 5.32 Å². The van der Waals surface area contributed by atoms with Crippen molar-refractivity contribution in [3.05, 3.63) is 29.5 Å². The average Bonchev–Trinajstić information content (AvgIpc) is 2.62. The van der Waals surface area contributed by atoms with E-state index < -0.39 is 22.7 Å². The fraction of sp³-hybridized carbons (Fsp3) is 0.333. The number of rotatable bonds is 3. The predicted molar refractivity (Wildman–Crippen MR) is 66.7 cm³/mol. The number of para-hydroxylation sites is 2. The summed E-state index contributed by atoms with van der Waals surface area (Å²) in [7, 11) is 0. The van der Waals surface area contributed by atoms with Gasteiger partial charge in [-0.2, -0.15) is 0 Å². The molecule has 1 heterocycles. The largest absolute Gasteiger partial charge is 0.618 e. The zero-order valence-corrected chi connectivity index (χ0v) is 10.2. The molecule has 1 N–H and O–H groups in total. The minimum absolute atomic E-state index is 0.173. The number of amides is 2. The molecule has 96 valence electrons. The van der Waals surface area contributed by atoms with Gasteiger partial charge in [-0.05, 0) is 13.0 Å². The molecule has 6 nitrogen and oxygen atoms in total. The molecule has 0 fully saturated rings. The normalized spacial score (nSPS) is 23.2. The Balaban J connectivity index is 2.41. The average molecular weight is 250 g/mol. The van der Waals surface area contributed by atoms with Crippen LogP contribution >= 0.6 is 0 Å². The number of carbonyl (C=O) groups is 2. The summed E-state index contributed by atoms with van der Waals surface area (Å²) in [5, 5.41) is 15.2. The molecule has 0 aliphatic carbocycles. The van der Waals surface area contributed by atoms with Gasteiger partial charge in [0.25, 0.3) is 0 Å². The number of hydrogen-bond acceptors (Lipinski definition) is 4. The van der Waals surface area contributed by atoms with E-state index in [4.69, 9.17) is 4.74 Å². The van der Waals surface area contributed by atoms with Crippen LogP contribution in [0.2, 0.25) is 0 Å². The van der Waals surface area contributed by atoms with Gasteiger partial charge < -0.3 is 9.94 Å². The molecule has 0 spiro atoms. The van der Waals surface area contributed by atoms with Gasteiger partial charge in [0.2, 0.25) is 0 Å². The van der Waals surface area contributed by atoms with Crippen LogP contribution in [0.1, 0.15) is 13.8 Å². The highest BCUT2D eigenvalue weighted by atomic mass is 16.6. The third-order valence-corrected chi connectivity index (χ3v) is 2.98. The topological polar surface area (TPSA) is 78.5 Å². The Morgan fingerprint density at radius 2 is 2.17 bits per heavy atom. The summed E-state index contributed by atoms with van der Waals surface area (Å²) in [5.41, 5.74) is 0.678. The third kappa shape index (κ3) is 1.66. The molecule has 18 heavy (non-hydrogen) atoms. The lowest BCUT2D eigenvalue weighted by Crippen LogP contribution is -2.57. The quantitative estimate of drug-likeness (QED) is 0.505. The van der Waals surface area contributed by atoms with E-state index >= 15 is 0 Å². The van der Waals surface area contributed by atoms with Crippen LogP contribution in [0.3, 0.4) is 0 Å². The Labute approximate surface area is 104 Å². The van der Waals surface area contributed by atoms with Crippen LogP contribution in [0.15, 0.2) is 24.3 Å². The summed E-state index contributed by atoms with van der Waals surface area (Å²) in [6.07, 6.45) is 0. The molecule has 0 radical (unpaired) electrons. The number of ether oxygens (including phenoxy) is 1. The Bertz CT molecular complexity index is 503. The van der Waals surface area contributed by atoms with Crippen molar-refractivity contribution in [2.75, 3.05) is 11.9 Å². The molecule has 0 saturated carbocycles. The van der Waals surface area contributed by atoms with Gasteiger partial charge in [0, 0.05) is 13.0 Å². The van der Waals surface area contributed by atoms with Crippen LogP contribution < -0.4 is 9.96 Å². The third-order valence-electron chi connectivity index (χ3n) is 2.98. The fourth-order valence-corrected chi connectivity index (χ4v) is 1.97. The first-order valence-corrected chi connectivity index (χ1v) is 5.69. The van der Waals surface area contributed by atoms with Crippen molar-refractivity contribution >= 4 is 23.4 Å². The number of anilines is 1. The van der Waals surface area contributed by atoms with E-state index in [-0.39, 0.29) is 12.3 Å². The molecule has 6 heteroatoms. The molecule has 1 aromatic carbocycles. The Morgan fingerprint density at radius 3 is 2.83 bits per heavy atom. The molecule has 1 aliphatic heterocycles. The van der Waals surface area contributed by atoms with Crippen molar-refractivity contribution in [2.45, 2.75) is 19.9 Å². The van der Waals surface area contributed by atoms with E-state index in [2.05, 4.69) is 5.32 Å². The van der Waals surface area contributed by atoms with E-state index in [0.717, 1.165) is 0 Å². The monoisotopic (exact) mass is 250 g/mol. The van der Waals surface area contributed by atoms with Crippen molar-refractivity contribution in [3.63, 3.8) is 0 Å². The zero-order chi connectivity index (χ0) is 13.3. The number of hydrogen-bond donors (Lipinski definition) is 1. The van der Waals surface area contributed by atoms with Crippen LogP contribution in [0.4, 0.5) is 16.2 Å². The second-order valence-corrected chi connectivity index (χ2v) is 4.03. The lowest BCUT2D eigenvalue weighted by molar-refractivity contribution is -0.146. The molecule has 2 amide bonds. The molecule has 0 saturated heterocycles. The summed E-state index contributed by atoms with van der Waals surface area (Å²) in [4.78, 5) is 23.5. The van der Waals surface area contributed by atoms with Crippen LogP contribution in [0, 0.1) is 5.21 Å². The van der Waals surface area contributed by atoms with Gasteiger partial charge >= 0.3 is 12.0 Å². The second-order valence-electron chi connectivity index (χ2n) is 4.03. The fourth-order valence-electron chi connectivity index (χ4n) is 1.97. The molecule has 2 atom stereocenters. The van der Waals surface area contributed by atoms with Gasteiger partial charge in [-0.1, -0.05) is 12.1 Å². The number of hydroxylamine groups is 2. The number of nitrogens with zero attached hydrogens (tertiary/aromatic N) is 1. The highest BCUT2D eigenvalue weighted by Gasteiger charge is 2.47. The van der Waals surface area contributed by atoms with Crippen LogP contribution in [0.5, 0.6) is 0 Å². The molecule has 2 unspecified atom stereocenters. The maximum Gasteiger partial charge on any atom is 0.427 e. The van der Waals surface area contributed by atoms with Crippen LogP contribution in [-0.4, -0.2) is 24.6 Å². The molecule has 0 bridgehead atoms. The Hall–Kier alpha value is -1.92. The lowest BCUT2D eigenvalue weighted by Gasteiger charge is -2.37. The first-order valence-electron chi connectivity index (χ1n) is 5.69. The number of carbonyl (C=O) groups excluding carboxylic acids is 2. The number of fused-ring (bicyclic) bond motifs is 1. The first kappa shape index (κ1) is 12.5. The van der Waals surface area contributed by atoms with Crippen molar-refractivity contribution in [1.82, 2.24) is 4.65 Å². The number of quaternary nitrogens is 1. The summed E-state index contributed by atoms with van der Waals surface area (Å²) >= 11 is 0. The molecular formula is C12H14N2O4. The highest BCUT2D eigenvalue weighted by Crippen LogP contribution is 2.39. The molecular weight excluding hydrogens is 236 g/mol. The molecule has 1 aliphatic rings. The first-order chi connectivity index (χ1) is 8.51. The minimum Gasteiger partial charge on any atom is -0.618 e.